The van der Waals surface area contributed by atoms with Crippen molar-refractivity contribution < 1.29 is 13.5 Å². The molecule has 0 saturated heterocycles. The molecule has 0 aromatic heterocycles. The van der Waals surface area contributed by atoms with Crippen molar-refractivity contribution >= 4 is 21.4 Å². The van der Waals surface area contributed by atoms with Crippen molar-refractivity contribution in [2.75, 3.05) is 5.75 Å². The van der Waals surface area contributed by atoms with Crippen LogP contribution in [-0.2, 0) is 9.84 Å². The third kappa shape index (κ3) is 3.69. The minimum absolute atomic E-state index is 0.0488. The Bertz CT molecular complexity index is 470. The summed E-state index contributed by atoms with van der Waals surface area (Å²) in [6, 6.07) is 6.28. The van der Waals surface area contributed by atoms with Crippen LogP contribution in [-0.4, -0.2) is 25.4 Å². The van der Waals surface area contributed by atoms with Crippen LogP contribution in [0.5, 0.6) is 0 Å². The Balaban J connectivity index is 2.94. The molecule has 0 heterocycles. The molecule has 0 aliphatic heterocycles. The van der Waals surface area contributed by atoms with Gasteiger partial charge in [0.15, 0.2) is 9.84 Å². The summed E-state index contributed by atoms with van der Waals surface area (Å²) in [6.07, 6.45) is -0.125. The Kier molecular flexibility index (Phi) is 4.98. The fourth-order valence-electron chi connectivity index (χ4n) is 1.45. The number of aliphatic hydroxyl groups is 1. The normalized spacial score (nSPS) is 15.5. The molecule has 0 bridgehead atoms. The van der Waals surface area contributed by atoms with E-state index in [4.69, 9.17) is 11.6 Å². The minimum atomic E-state index is -3.53. The predicted octanol–water partition coefficient (Wildman–Crippen LogP) is 2.52. The van der Waals surface area contributed by atoms with Gasteiger partial charge in [-0.2, -0.15) is 0 Å². The first-order chi connectivity index (χ1) is 7.88. The molecule has 17 heavy (non-hydrogen) atoms. The highest BCUT2D eigenvalue weighted by Crippen LogP contribution is 2.23. The Hall–Kier alpha value is -0.580. The van der Waals surface area contributed by atoms with Crippen LogP contribution >= 0.6 is 11.6 Å². The van der Waals surface area contributed by atoms with Gasteiger partial charge in [0.2, 0.25) is 0 Å². The molecule has 1 aromatic carbocycles. The van der Waals surface area contributed by atoms with Gasteiger partial charge in [0.25, 0.3) is 0 Å². The van der Waals surface area contributed by atoms with E-state index in [-0.39, 0.29) is 21.6 Å². The second-order valence-corrected chi connectivity index (χ2v) is 6.57. The molecule has 0 amide bonds. The summed E-state index contributed by atoms with van der Waals surface area (Å²) in [5, 5.41) is 9.98. The van der Waals surface area contributed by atoms with Crippen LogP contribution in [0.15, 0.2) is 29.2 Å². The second-order valence-electron chi connectivity index (χ2n) is 4.16. The molecule has 1 N–H and O–H groups in total. The van der Waals surface area contributed by atoms with Gasteiger partial charge < -0.3 is 5.11 Å². The standard InChI is InChI=1S/C12H17ClO3S/c1-3-9(2)11(14)8-17(15,16)12-7-5-4-6-10(12)13/h4-7,9,11,14H,3,8H2,1-2H3. The van der Waals surface area contributed by atoms with Gasteiger partial charge in [-0.3, -0.25) is 0 Å². The molecule has 0 aliphatic carbocycles. The second kappa shape index (κ2) is 5.85. The van der Waals surface area contributed by atoms with Gasteiger partial charge in [-0.05, 0) is 18.1 Å². The summed E-state index contributed by atoms with van der Waals surface area (Å²) < 4.78 is 24.1. The first kappa shape index (κ1) is 14.5. The van der Waals surface area contributed by atoms with E-state index in [9.17, 15) is 13.5 Å². The quantitative estimate of drug-likeness (QED) is 0.899. The van der Waals surface area contributed by atoms with Crippen LogP contribution in [0.1, 0.15) is 20.3 Å². The third-order valence-corrected chi connectivity index (χ3v) is 5.11. The third-order valence-electron chi connectivity index (χ3n) is 2.86. The van der Waals surface area contributed by atoms with Crippen LogP contribution in [0.3, 0.4) is 0 Å². The molecule has 1 aromatic rings. The molecule has 0 spiro atoms. The highest BCUT2D eigenvalue weighted by Gasteiger charge is 2.24. The van der Waals surface area contributed by atoms with E-state index in [1.165, 1.54) is 12.1 Å². The Labute approximate surface area is 107 Å². The molecule has 0 fully saturated rings. The smallest absolute Gasteiger partial charge is 0.182 e. The average molecular weight is 277 g/mol. The van der Waals surface area contributed by atoms with Crippen LogP contribution in [0.2, 0.25) is 5.02 Å². The number of halogens is 1. The van der Waals surface area contributed by atoms with Crippen LogP contribution < -0.4 is 0 Å². The maximum absolute atomic E-state index is 12.0. The number of sulfone groups is 1. The van der Waals surface area contributed by atoms with Gasteiger partial charge in [0, 0.05) is 0 Å². The number of hydrogen-bond donors (Lipinski definition) is 1. The first-order valence-electron chi connectivity index (χ1n) is 5.53. The van der Waals surface area contributed by atoms with Crippen molar-refractivity contribution in [3.63, 3.8) is 0 Å². The summed E-state index contributed by atoms with van der Waals surface area (Å²) in [7, 11) is -3.53. The van der Waals surface area contributed by atoms with Crippen LogP contribution in [0, 0.1) is 5.92 Å². The molecular formula is C12H17ClO3S. The topological polar surface area (TPSA) is 54.4 Å². The van der Waals surface area contributed by atoms with Gasteiger partial charge in [0.1, 0.15) is 0 Å². The maximum atomic E-state index is 12.0. The lowest BCUT2D eigenvalue weighted by Crippen LogP contribution is -2.27. The molecular weight excluding hydrogens is 260 g/mol. The number of benzene rings is 1. The van der Waals surface area contributed by atoms with E-state index in [1.807, 2.05) is 13.8 Å². The number of aliphatic hydroxyl groups excluding tert-OH is 1. The van der Waals surface area contributed by atoms with Crippen molar-refractivity contribution in [1.82, 2.24) is 0 Å². The van der Waals surface area contributed by atoms with Gasteiger partial charge >= 0.3 is 0 Å². The molecule has 0 radical (unpaired) electrons. The lowest BCUT2D eigenvalue weighted by atomic mass is 10.0. The lowest BCUT2D eigenvalue weighted by Gasteiger charge is -2.17. The van der Waals surface area contributed by atoms with Gasteiger partial charge in [-0.15, -0.1) is 0 Å². The molecule has 0 aliphatic rings. The largest absolute Gasteiger partial charge is 0.392 e. The van der Waals surface area contributed by atoms with Gasteiger partial charge in [-0.1, -0.05) is 44.0 Å². The summed E-state index contributed by atoms with van der Waals surface area (Å²) in [5.41, 5.74) is 0. The Morgan fingerprint density at radius 1 is 1.35 bits per heavy atom. The van der Waals surface area contributed by atoms with E-state index in [0.717, 1.165) is 6.42 Å². The van der Waals surface area contributed by atoms with E-state index in [0.29, 0.717) is 0 Å². The van der Waals surface area contributed by atoms with Gasteiger partial charge in [-0.25, -0.2) is 8.42 Å². The lowest BCUT2D eigenvalue weighted by molar-refractivity contribution is 0.135. The minimum Gasteiger partial charge on any atom is -0.392 e. The number of hydrogen-bond acceptors (Lipinski definition) is 3. The highest BCUT2D eigenvalue weighted by molar-refractivity contribution is 7.91. The van der Waals surface area contributed by atoms with E-state index in [2.05, 4.69) is 0 Å². The maximum Gasteiger partial charge on any atom is 0.182 e. The molecule has 2 unspecified atom stereocenters. The average Bonchev–Trinajstić information content (AvgIpc) is 2.27. The zero-order valence-corrected chi connectivity index (χ0v) is 11.5. The van der Waals surface area contributed by atoms with Crippen molar-refractivity contribution in [2.45, 2.75) is 31.3 Å². The zero-order valence-electron chi connectivity index (χ0n) is 9.93. The fourth-order valence-corrected chi connectivity index (χ4v) is 3.55. The van der Waals surface area contributed by atoms with Crippen molar-refractivity contribution in [1.29, 1.82) is 0 Å². The number of rotatable bonds is 5. The van der Waals surface area contributed by atoms with Crippen molar-refractivity contribution in [2.24, 2.45) is 5.92 Å². The summed E-state index contributed by atoms with van der Waals surface area (Å²) in [4.78, 5) is 0.0871. The summed E-state index contributed by atoms with van der Waals surface area (Å²) in [5.74, 6) is -0.335. The molecule has 5 heteroatoms. The van der Waals surface area contributed by atoms with Crippen molar-refractivity contribution in [3.05, 3.63) is 29.3 Å². The predicted molar refractivity (Wildman–Crippen MR) is 69.0 cm³/mol. The molecule has 1 rings (SSSR count). The van der Waals surface area contributed by atoms with E-state index in [1.54, 1.807) is 12.1 Å². The first-order valence-corrected chi connectivity index (χ1v) is 7.57. The van der Waals surface area contributed by atoms with Crippen molar-refractivity contribution in [3.8, 4) is 0 Å². The SMILES string of the molecule is CCC(C)C(O)CS(=O)(=O)c1ccccc1Cl. The van der Waals surface area contributed by atoms with Crippen LogP contribution in [0.25, 0.3) is 0 Å². The monoisotopic (exact) mass is 276 g/mol. The van der Waals surface area contributed by atoms with E-state index < -0.39 is 15.9 Å². The summed E-state index contributed by atoms with van der Waals surface area (Å²) in [6.45, 7) is 3.74. The highest BCUT2D eigenvalue weighted by atomic mass is 35.5. The van der Waals surface area contributed by atoms with Crippen LogP contribution in [0.4, 0.5) is 0 Å². The Morgan fingerprint density at radius 3 is 2.47 bits per heavy atom. The zero-order chi connectivity index (χ0) is 13.1. The molecule has 3 nitrogen and oxygen atoms in total. The molecule has 2 atom stereocenters. The summed E-state index contributed by atoms with van der Waals surface area (Å²) >= 11 is 5.84. The van der Waals surface area contributed by atoms with E-state index >= 15 is 0 Å². The van der Waals surface area contributed by atoms with Gasteiger partial charge in [0.05, 0.1) is 21.8 Å². The molecule has 0 saturated carbocycles. The molecule has 96 valence electrons. The Morgan fingerprint density at radius 2 is 1.94 bits per heavy atom. The fraction of sp³-hybridized carbons (Fsp3) is 0.500.